The summed E-state index contributed by atoms with van der Waals surface area (Å²) < 4.78 is 0.542. The number of nitrogens with zero attached hydrogens (tertiary/aromatic N) is 1. The van der Waals surface area contributed by atoms with Crippen LogP contribution in [0.3, 0.4) is 0 Å². The molecule has 25 heavy (non-hydrogen) atoms. The highest BCUT2D eigenvalue weighted by molar-refractivity contribution is 7.71. The van der Waals surface area contributed by atoms with Crippen LogP contribution in [-0.2, 0) is 6.42 Å². The quantitative estimate of drug-likeness (QED) is 0.650. The minimum atomic E-state index is 0.126. The van der Waals surface area contributed by atoms with Crippen molar-refractivity contribution in [1.82, 2.24) is 9.97 Å². The molecule has 0 atom stereocenters. The number of aromatic amines is 1. The lowest BCUT2D eigenvalue weighted by atomic mass is 9.85. The molecule has 0 spiro atoms. The van der Waals surface area contributed by atoms with Crippen molar-refractivity contribution in [1.29, 1.82) is 0 Å². The zero-order valence-electron chi connectivity index (χ0n) is 14.0. The van der Waals surface area contributed by atoms with Gasteiger partial charge in [0.1, 0.15) is 5.82 Å². The summed E-state index contributed by atoms with van der Waals surface area (Å²) in [5, 5.41) is 3.47. The fourth-order valence-corrected chi connectivity index (χ4v) is 3.81. The first-order valence-corrected chi connectivity index (χ1v) is 9.20. The maximum Gasteiger partial charge on any atom is 0.198 e. The topological polar surface area (TPSA) is 40.7 Å². The molecule has 4 heteroatoms. The van der Waals surface area contributed by atoms with Gasteiger partial charge in [-0.05, 0) is 42.6 Å². The molecule has 0 saturated carbocycles. The van der Waals surface area contributed by atoms with Gasteiger partial charge in [0, 0.05) is 23.7 Å². The van der Waals surface area contributed by atoms with Gasteiger partial charge in [-0.15, -0.1) is 0 Å². The minimum Gasteiger partial charge on any atom is -0.370 e. The molecular weight excluding hydrogens is 326 g/mol. The molecule has 1 aliphatic rings. The monoisotopic (exact) mass is 347 g/mol. The van der Waals surface area contributed by atoms with Crippen LogP contribution >= 0.6 is 12.2 Å². The van der Waals surface area contributed by atoms with Crippen molar-refractivity contribution in [2.24, 2.45) is 0 Å². The zero-order chi connectivity index (χ0) is 17.1. The van der Waals surface area contributed by atoms with Crippen LogP contribution in [0, 0.1) is 4.77 Å². The first-order chi connectivity index (χ1) is 12.3. The Kier molecular flexibility index (Phi) is 4.61. The second-order valence-corrected chi connectivity index (χ2v) is 6.81. The van der Waals surface area contributed by atoms with E-state index >= 15 is 0 Å². The van der Waals surface area contributed by atoms with Crippen LogP contribution in [0.2, 0.25) is 0 Å². The molecule has 4 rings (SSSR count). The first kappa shape index (κ1) is 16.0. The normalized spacial score (nSPS) is 13.8. The molecule has 0 fully saturated rings. The summed E-state index contributed by atoms with van der Waals surface area (Å²) in [6.45, 7) is 0.958. The van der Waals surface area contributed by atoms with Crippen LogP contribution in [0.4, 0.5) is 5.82 Å². The lowest BCUT2D eigenvalue weighted by Gasteiger charge is -2.22. The summed E-state index contributed by atoms with van der Waals surface area (Å²) in [5.74, 6) is 1.08. The van der Waals surface area contributed by atoms with Gasteiger partial charge in [0.05, 0.1) is 0 Å². The molecule has 0 aliphatic carbocycles. The van der Waals surface area contributed by atoms with Gasteiger partial charge in [-0.3, -0.25) is 0 Å². The number of fused-ring (bicyclic) bond motifs is 1. The number of anilines is 1. The largest absolute Gasteiger partial charge is 0.370 e. The highest BCUT2D eigenvalue weighted by atomic mass is 32.1. The van der Waals surface area contributed by atoms with Gasteiger partial charge < -0.3 is 10.3 Å². The number of nitrogens with one attached hydrogen (secondary N) is 2. The van der Waals surface area contributed by atoms with Crippen LogP contribution in [0.5, 0.6) is 0 Å². The highest BCUT2D eigenvalue weighted by Gasteiger charge is 2.23. The molecule has 2 aromatic carbocycles. The van der Waals surface area contributed by atoms with E-state index < -0.39 is 0 Å². The Labute approximate surface area is 153 Å². The summed E-state index contributed by atoms with van der Waals surface area (Å²) in [4.78, 5) is 7.98. The maximum absolute atomic E-state index is 5.44. The van der Waals surface area contributed by atoms with E-state index in [1.165, 1.54) is 22.4 Å². The maximum atomic E-state index is 5.44. The minimum absolute atomic E-state index is 0.126. The molecule has 0 radical (unpaired) electrons. The molecule has 2 N–H and O–H groups in total. The molecule has 0 unspecified atom stereocenters. The van der Waals surface area contributed by atoms with Crippen molar-refractivity contribution in [2.45, 2.75) is 25.2 Å². The summed E-state index contributed by atoms with van der Waals surface area (Å²) in [5.41, 5.74) is 4.96. The lowest BCUT2D eigenvalue weighted by molar-refractivity contribution is 0.768. The standard InChI is InChI=1S/C21H21N3S/c25-21-23-19(17-13-7-8-14-22-20(17)24-21)18(15-9-3-1-4-10-15)16-11-5-2-6-12-16/h1-6,9-12,18H,7-8,13-14H2,(H2,22,23,24,25). The summed E-state index contributed by atoms with van der Waals surface area (Å²) in [6, 6.07) is 21.2. The molecule has 2 heterocycles. The third kappa shape index (κ3) is 3.35. The predicted molar refractivity (Wildman–Crippen MR) is 105 cm³/mol. The van der Waals surface area contributed by atoms with Gasteiger partial charge in [-0.2, -0.15) is 0 Å². The number of aromatic nitrogens is 2. The van der Waals surface area contributed by atoms with E-state index in [4.69, 9.17) is 12.2 Å². The van der Waals surface area contributed by atoms with Gasteiger partial charge in [0.2, 0.25) is 0 Å². The van der Waals surface area contributed by atoms with Crippen molar-refractivity contribution < 1.29 is 0 Å². The van der Waals surface area contributed by atoms with E-state index in [0.717, 1.165) is 31.6 Å². The summed E-state index contributed by atoms with van der Waals surface area (Å²) >= 11 is 5.44. The highest BCUT2D eigenvalue weighted by Crippen LogP contribution is 2.35. The second-order valence-electron chi connectivity index (χ2n) is 6.42. The molecular formula is C21H21N3S. The summed E-state index contributed by atoms with van der Waals surface area (Å²) in [7, 11) is 0. The van der Waals surface area contributed by atoms with Crippen LogP contribution in [-0.4, -0.2) is 16.5 Å². The fourth-order valence-electron chi connectivity index (χ4n) is 3.61. The average Bonchev–Trinajstić information content (AvgIpc) is 2.89. The van der Waals surface area contributed by atoms with Gasteiger partial charge in [0.25, 0.3) is 0 Å². The first-order valence-electron chi connectivity index (χ1n) is 8.80. The Bertz CT molecular complexity index is 864. The lowest BCUT2D eigenvalue weighted by Crippen LogP contribution is -2.12. The van der Waals surface area contributed by atoms with E-state index in [9.17, 15) is 0 Å². The molecule has 126 valence electrons. The number of hydrogen-bond acceptors (Lipinski definition) is 3. The van der Waals surface area contributed by atoms with E-state index in [-0.39, 0.29) is 5.92 Å². The number of rotatable bonds is 3. The Morgan fingerprint density at radius 3 is 2.16 bits per heavy atom. The van der Waals surface area contributed by atoms with Crippen molar-refractivity contribution in [3.05, 3.63) is 87.8 Å². The molecule has 1 aromatic heterocycles. The molecule has 0 bridgehead atoms. The van der Waals surface area contributed by atoms with E-state index in [2.05, 4.69) is 75.9 Å². The molecule has 0 saturated heterocycles. The number of H-pyrrole nitrogens is 1. The third-order valence-electron chi connectivity index (χ3n) is 4.77. The SMILES string of the molecule is S=c1nc2c(c(C(c3ccccc3)c3ccccc3)[nH]1)CCCCN2. The molecule has 0 amide bonds. The molecule has 3 nitrogen and oxygen atoms in total. The van der Waals surface area contributed by atoms with Crippen LogP contribution in [0.1, 0.15) is 41.1 Å². The third-order valence-corrected chi connectivity index (χ3v) is 4.96. The van der Waals surface area contributed by atoms with Gasteiger partial charge in [0.15, 0.2) is 4.77 Å². The Morgan fingerprint density at radius 2 is 1.52 bits per heavy atom. The Balaban J connectivity index is 1.94. The van der Waals surface area contributed by atoms with Crippen LogP contribution in [0.25, 0.3) is 0 Å². The fraction of sp³-hybridized carbons (Fsp3) is 0.238. The van der Waals surface area contributed by atoms with E-state index in [1.807, 2.05) is 0 Å². The molecule has 1 aliphatic heterocycles. The van der Waals surface area contributed by atoms with Crippen molar-refractivity contribution in [3.63, 3.8) is 0 Å². The van der Waals surface area contributed by atoms with Crippen LogP contribution in [0.15, 0.2) is 60.7 Å². The second kappa shape index (κ2) is 7.19. The smallest absolute Gasteiger partial charge is 0.198 e. The van der Waals surface area contributed by atoms with E-state index in [0.29, 0.717) is 4.77 Å². The van der Waals surface area contributed by atoms with E-state index in [1.54, 1.807) is 0 Å². The van der Waals surface area contributed by atoms with Crippen molar-refractivity contribution >= 4 is 18.0 Å². The Hall–Kier alpha value is -2.46. The number of hydrogen-bond donors (Lipinski definition) is 2. The predicted octanol–water partition coefficient (Wildman–Crippen LogP) is 5.07. The Morgan fingerprint density at radius 1 is 0.880 bits per heavy atom. The van der Waals surface area contributed by atoms with Gasteiger partial charge in [-0.1, -0.05) is 60.7 Å². The zero-order valence-corrected chi connectivity index (χ0v) is 14.9. The summed E-state index contributed by atoms with van der Waals surface area (Å²) in [6.07, 6.45) is 3.34. The van der Waals surface area contributed by atoms with Crippen LogP contribution < -0.4 is 5.32 Å². The van der Waals surface area contributed by atoms with Gasteiger partial charge in [-0.25, -0.2) is 4.98 Å². The van der Waals surface area contributed by atoms with Crippen molar-refractivity contribution in [2.75, 3.05) is 11.9 Å². The van der Waals surface area contributed by atoms with Gasteiger partial charge >= 0.3 is 0 Å². The number of benzene rings is 2. The average molecular weight is 347 g/mol. The molecule has 3 aromatic rings. The van der Waals surface area contributed by atoms with Crippen molar-refractivity contribution in [3.8, 4) is 0 Å².